The van der Waals surface area contributed by atoms with Gasteiger partial charge in [0.15, 0.2) is 0 Å². The minimum atomic E-state index is -0.597. The summed E-state index contributed by atoms with van der Waals surface area (Å²) in [6.45, 7) is 1.86. The third-order valence-corrected chi connectivity index (χ3v) is 3.74. The molecule has 2 N–H and O–H groups in total. The molecule has 1 heterocycles. The third-order valence-electron chi connectivity index (χ3n) is 3.74. The lowest BCUT2D eigenvalue weighted by molar-refractivity contribution is -0.119. The van der Waals surface area contributed by atoms with Crippen molar-refractivity contribution in [1.29, 1.82) is 0 Å². The molecule has 3 rings (SSSR count). The van der Waals surface area contributed by atoms with Crippen molar-refractivity contribution in [3.05, 3.63) is 71.5 Å². The van der Waals surface area contributed by atoms with Crippen molar-refractivity contribution >= 4 is 23.2 Å². The summed E-state index contributed by atoms with van der Waals surface area (Å²) in [5, 5.41) is 12.7. The van der Waals surface area contributed by atoms with Crippen LogP contribution < -0.4 is 10.2 Å². The summed E-state index contributed by atoms with van der Waals surface area (Å²) in [5.74, 6) is -1.31. The van der Waals surface area contributed by atoms with E-state index in [1.165, 1.54) is 4.90 Å². The molecule has 0 saturated heterocycles. The molecule has 0 aromatic heterocycles. The first-order valence-corrected chi connectivity index (χ1v) is 7.24. The number of benzene rings is 2. The second kappa shape index (κ2) is 5.96. The normalized spacial score (nSPS) is 14.3. The lowest BCUT2D eigenvalue weighted by Crippen LogP contribution is -2.30. The van der Waals surface area contributed by atoms with Gasteiger partial charge in [-0.2, -0.15) is 0 Å². The number of hydrogen-bond acceptors (Lipinski definition) is 3. The Kier molecular flexibility index (Phi) is 3.85. The van der Waals surface area contributed by atoms with Crippen molar-refractivity contribution in [3.8, 4) is 0 Å². The van der Waals surface area contributed by atoms with E-state index in [-0.39, 0.29) is 17.9 Å². The number of aryl methyl sites for hydroxylation is 1. The van der Waals surface area contributed by atoms with Gasteiger partial charge in [-0.1, -0.05) is 36.4 Å². The van der Waals surface area contributed by atoms with Crippen LogP contribution in [0, 0.1) is 6.92 Å². The van der Waals surface area contributed by atoms with Crippen LogP contribution in [-0.2, 0) is 9.59 Å². The molecule has 5 heteroatoms. The molecular formula is C18H16N2O3. The van der Waals surface area contributed by atoms with E-state index in [1.807, 2.05) is 25.1 Å². The number of anilines is 2. The van der Waals surface area contributed by atoms with Crippen LogP contribution in [0.25, 0.3) is 0 Å². The number of aliphatic hydroxyl groups excluding tert-OH is 1. The van der Waals surface area contributed by atoms with Gasteiger partial charge in [-0.3, -0.25) is 9.59 Å². The molecular weight excluding hydrogens is 292 g/mol. The van der Waals surface area contributed by atoms with Gasteiger partial charge < -0.3 is 15.3 Å². The Morgan fingerprint density at radius 2 is 1.74 bits per heavy atom. The highest BCUT2D eigenvalue weighted by molar-refractivity contribution is 6.29. The van der Waals surface area contributed by atoms with Crippen LogP contribution in [0.2, 0.25) is 0 Å². The first-order valence-electron chi connectivity index (χ1n) is 7.24. The summed E-state index contributed by atoms with van der Waals surface area (Å²) in [5.41, 5.74) is 1.93. The standard InChI is InChI=1S/C18H16N2O3/c1-12-7-5-6-10-14(12)19-17(22)16-15(21)11-20(18(16)23)13-8-3-2-4-9-13/h2-10,21H,11H2,1H3,(H,19,22). The van der Waals surface area contributed by atoms with Crippen LogP contribution in [0.3, 0.4) is 0 Å². The van der Waals surface area contributed by atoms with Gasteiger partial charge in [-0.15, -0.1) is 0 Å². The first kappa shape index (κ1) is 14.8. The van der Waals surface area contributed by atoms with Crippen LogP contribution in [0.15, 0.2) is 65.9 Å². The summed E-state index contributed by atoms with van der Waals surface area (Å²) < 4.78 is 0. The van der Waals surface area contributed by atoms with Crippen molar-refractivity contribution in [2.45, 2.75) is 6.92 Å². The average molecular weight is 308 g/mol. The summed E-state index contributed by atoms with van der Waals surface area (Å²) in [6.07, 6.45) is 0. The molecule has 5 nitrogen and oxygen atoms in total. The fraction of sp³-hybridized carbons (Fsp3) is 0.111. The number of aliphatic hydroxyl groups is 1. The van der Waals surface area contributed by atoms with Crippen LogP contribution >= 0.6 is 0 Å². The monoisotopic (exact) mass is 308 g/mol. The van der Waals surface area contributed by atoms with E-state index in [0.29, 0.717) is 11.4 Å². The zero-order valence-electron chi connectivity index (χ0n) is 12.6. The molecule has 0 unspecified atom stereocenters. The molecule has 2 aromatic carbocycles. The van der Waals surface area contributed by atoms with E-state index in [1.54, 1.807) is 36.4 Å². The van der Waals surface area contributed by atoms with Crippen molar-refractivity contribution in [1.82, 2.24) is 0 Å². The second-order valence-electron chi connectivity index (χ2n) is 5.32. The molecule has 0 spiro atoms. The van der Waals surface area contributed by atoms with Crippen LogP contribution in [-0.4, -0.2) is 23.5 Å². The largest absolute Gasteiger partial charge is 0.509 e. The predicted octanol–water partition coefficient (Wildman–Crippen LogP) is 2.79. The van der Waals surface area contributed by atoms with E-state index in [9.17, 15) is 14.7 Å². The van der Waals surface area contributed by atoms with Crippen molar-refractivity contribution in [2.24, 2.45) is 0 Å². The van der Waals surface area contributed by atoms with Crippen LogP contribution in [0.5, 0.6) is 0 Å². The predicted molar refractivity (Wildman–Crippen MR) is 88.3 cm³/mol. The number of carbonyl (C=O) groups is 2. The molecule has 0 fully saturated rings. The minimum Gasteiger partial charge on any atom is -0.509 e. The number of hydrogen-bond donors (Lipinski definition) is 2. The summed E-state index contributed by atoms with van der Waals surface area (Å²) >= 11 is 0. The summed E-state index contributed by atoms with van der Waals surface area (Å²) in [4.78, 5) is 26.2. The maximum Gasteiger partial charge on any atom is 0.267 e. The van der Waals surface area contributed by atoms with Crippen LogP contribution in [0.4, 0.5) is 11.4 Å². The SMILES string of the molecule is Cc1ccccc1NC(=O)C1=C(O)CN(c2ccccc2)C1=O. The maximum atomic E-state index is 12.5. The van der Waals surface area contributed by atoms with E-state index in [0.717, 1.165) is 5.56 Å². The summed E-state index contributed by atoms with van der Waals surface area (Å²) in [7, 11) is 0. The fourth-order valence-electron chi connectivity index (χ4n) is 2.50. The Balaban J connectivity index is 1.83. The van der Waals surface area contributed by atoms with E-state index >= 15 is 0 Å². The van der Waals surface area contributed by atoms with Gasteiger partial charge in [-0.25, -0.2) is 0 Å². The van der Waals surface area contributed by atoms with Gasteiger partial charge in [0.2, 0.25) is 0 Å². The van der Waals surface area contributed by atoms with E-state index in [4.69, 9.17) is 0 Å². The number of nitrogens with one attached hydrogen (secondary N) is 1. The Morgan fingerprint density at radius 3 is 2.43 bits per heavy atom. The Labute approximate surface area is 133 Å². The highest BCUT2D eigenvalue weighted by Gasteiger charge is 2.36. The van der Waals surface area contributed by atoms with Crippen molar-refractivity contribution in [2.75, 3.05) is 16.8 Å². The molecule has 2 amide bonds. The van der Waals surface area contributed by atoms with Gasteiger partial charge in [0.25, 0.3) is 11.8 Å². The third kappa shape index (κ3) is 2.81. The van der Waals surface area contributed by atoms with E-state index < -0.39 is 11.8 Å². The van der Waals surface area contributed by atoms with Gasteiger partial charge in [-0.05, 0) is 30.7 Å². The number of carbonyl (C=O) groups excluding carboxylic acids is 2. The smallest absolute Gasteiger partial charge is 0.267 e. The van der Waals surface area contributed by atoms with Gasteiger partial charge in [0, 0.05) is 11.4 Å². The lowest BCUT2D eigenvalue weighted by Gasteiger charge is -2.16. The van der Waals surface area contributed by atoms with Crippen molar-refractivity contribution < 1.29 is 14.7 Å². The molecule has 116 valence electrons. The summed E-state index contributed by atoms with van der Waals surface area (Å²) in [6, 6.07) is 16.2. The average Bonchev–Trinajstić information content (AvgIpc) is 2.85. The Bertz CT molecular complexity index is 797. The van der Waals surface area contributed by atoms with Gasteiger partial charge >= 0.3 is 0 Å². The number of amides is 2. The number of para-hydroxylation sites is 2. The Hall–Kier alpha value is -3.08. The van der Waals surface area contributed by atoms with E-state index in [2.05, 4.69) is 5.32 Å². The highest BCUT2D eigenvalue weighted by atomic mass is 16.3. The highest BCUT2D eigenvalue weighted by Crippen LogP contribution is 2.25. The minimum absolute atomic E-state index is 0.000623. The quantitative estimate of drug-likeness (QED) is 0.857. The second-order valence-corrected chi connectivity index (χ2v) is 5.32. The molecule has 1 aliphatic rings. The zero-order chi connectivity index (χ0) is 16.4. The van der Waals surface area contributed by atoms with Gasteiger partial charge in [0.05, 0.1) is 6.54 Å². The first-order chi connectivity index (χ1) is 11.1. The molecule has 0 radical (unpaired) electrons. The Morgan fingerprint density at radius 1 is 1.09 bits per heavy atom. The molecule has 0 saturated carbocycles. The molecule has 1 aliphatic heterocycles. The maximum absolute atomic E-state index is 12.5. The van der Waals surface area contributed by atoms with Gasteiger partial charge in [0.1, 0.15) is 11.3 Å². The van der Waals surface area contributed by atoms with Crippen LogP contribution in [0.1, 0.15) is 5.56 Å². The van der Waals surface area contributed by atoms with Crippen molar-refractivity contribution in [3.63, 3.8) is 0 Å². The lowest BCUT2D eigenvalue weighted by atomic mass is 10.1. The molecule has 0 aliphatic carbocycles. The molecule has 2 aromatic rings. The topological polar surface area (TPSA) is 69.6 Å². The molecule has 0 atom stereocenters. The number of rotatable bonds is 3. The number of nitrogens with zero attached hydrogens (tertiary/aromatic N) is 1. The molecule has 0 bridgehead atoms. The molecule has 23 heavy (non-hydrogen) atoms. The fourth-order valence-corrected chi connectivity index (χ4v) is 2.50. The zero-order valence-corrected chi connectivity index (χ0v) is 12.6.